The van der Waals surface area contributed by atoms with E-state index in [9.17, 15) is 19.2 Å². The van der Waals surface area contributed by atoms with Gasteiger partial charge >= 0.3 is 5.69 Å². The molecule has 0 bridgehead atoms. The quantitative estimate of drug-likeness (QED) is 0.418. The molecule has 10 heteroatoms. The summed E-state index contributed by atoms with van der Waals surface area (Å²) in [7, 11) is 0. The molecule has 3 rings (SSSR count). The van der Waals surface area contributed by atoms with E-state index >= 15 is 0 Å². The number of nitrogens with zero attached hydrogens (tertiary/aromatic N) is 3. The van der Waals surface area contributed by atoms with Gasteiger partial charge in [-0.25, -0.2) is 9.78 Å². The smallest absolute Gasteiger partial charge is 0.330 e. The molecule has 0 fully saturated rings. The number of hydrogen-bond donors (Lipinski definition) is 3. The molecule has 34 heavy (non-hydrogen) atoms. The maximum Gasteiger partial charge on any atom is 0.330 e. The van der Waals surface area contributed by atoms with Gasteiger partial charge in [0.15, 0.2) is 11.2 Å². The van der Waals surface area contributed by atoms with Crippen LogP contribution in [0, 0.1) is 12.8 Å². The number of fused-ring (bicyclic) bond motifs is 1. The van der Waals surface area contributed by atoms with Crippen molar-refractivity contribution in [3.63, 3.8) is 0 Å². The lowest BCUT2D eigenvalue weighted by Gasteiger charge is -2.12. The number of aromatic nitrogens is 4. The van der Waals surface area contributed by atoms with Gasteiger partial charge in [-0.3, -0.25) is 23.9 Å². The lowest BCUT2D eigenvalue weighted by molar-refractivity contribution is -0.116. The van der Waals surface area contributed by atoms with Crippen LogP contribution in [0.4, 0.5) is 5.69 Å². The van der Waals surface area contributed by atoms with Crippen molar-refractivity contribution in [3.05, 3.63) is 56.0 Å². The van der Waals surface area contributed by atoms with Crippen LogP contribution in [-0.4, -0.2) is 30.9 Å². The molecule has 0 unspecified atom stereocenters. The van der Waals surface area contributed by atoms with Gasteiger partial charge in [0.05, 0.1) is 0 Å². The van der Waals surface area contributed by atoms with E-state index in [1.807, 2.05) is 25.3 Å². The molecule has 3 aromatic rings. The average Bonchev–Trinajstić information content (AvgIpc) is 3.11. The minimum Gasteiger partial charge on any atom is -0.366 e. The van der Waals surface area contributed by atoms with E-state index in [-0.39, 0.29) is 24.7 Å². The number of carbonyl (C=O) groups excluding carboxylic acids is 2. The van der Waals surface area contributed by atoms with Gasteiger partial charge in [-0.1, -0.05) is 33.3 Å². The number of H-pyrrole nitrogens is 1. The molecular formula is C24H32N6O4. The third kappa shape index (κ3) is 5.27. The summed E-state index contributed by atoms with van der Waals surface area (Å²) in [5.41, 5.74) is 6.60. The maximum absolute atomic E-state index is 12.7. The van der Waals surface area contributed by atoms with Gasteiger partial charge in [0.1, 0.15) is 5.82 Å². The summed E-state index contributed by atoms with van der Waals surface area (Å²) in [5.74, 6) is -0.0251. The minimum absolute atomic E-state index is 0.110. The van der Waals surface area contributed by atoms with Gasteiger partial charge in [0.25, 0.3) is 5.56 Å². The van der Waals surface area contributed by atoms with Crippen LogP contribution in [0.15, 0.2) is 27.8 Å². The zero-order valence-corrected chi connectivity index (χ0v) is 20.1. The molecule has 0 saturated heterocycles. The van der Waals surface area contributed by atoms with Gasteiger partial charge < -0.3 is 15.6 Å². The molecule has 0 radical (unpaired) electrons. The highest BCUT2D eigenvalue weighted by atomic mass is 16.2. The molecule has 10 nitrogen and oxygen atoms in total. The summed E-state index contributed by atoms with van der Waals surface area (Å²) in [4.78, 5) is 56.5. The molecule has 0 spiro atoms. The molecular weight excluding hydrogens is 436 g/mol. The number of rotatable bonds is 10. The highest BCUT2D eigenvalue weighted by Crippen LogP contribution is 2.20. The Labute approximate surface area is 197 Å². The summed E-state index contributed by atoms with van der Waals surface area (Å²) in [6.07, 6.45) is 2.06. The highest BCUT2D eigenvalue weighted by Gasteiger charge is 2.20. The van der Waals surface area contributed by atoms with Gasteiger partial charge in [0.2, 0.25) is 11.8 Å². The molecule has 2 aromatic heterocycles. The number of amides is 2. The molecule has 0 aliphatic rings. The van der Waals surface area contributed by atoms with Crippen molar-refractivity contribution in [2.45, 2.75) is 66.5 Å². The second kappa shape index (κ2) is 10.5. The fourth-order valence-corrected chi connectivity index (χ4v) is 3.97. The van der Waals surface area contributed by atoms with E-state index in [4.69, 9.17) is 5.73 Å². The molecule has 182 valence electrons. The number of unbranched alkanes of at least 4 members (excludes halogenated alkanes) is 1. The number of primary amides is 1. The Bertz CT molecular complexity index is 1330. The number of carbonyl (C=O) groups is 2. The van der Waals surface area contributed by atoms with Crippen LogP contribution in [0.3, 0.4) is 0 Å². The number of anilines is 1. The predicted molar refractivity (Wildman–Crippen MR) is 131 cm³/mol. The molecule has 0 saturated carbocycles. The second-order valence-corrected chi connectivity index (χ2v) is 8.86. The number of aromatic amines is 1. The Morgan fingerprint density at radius 3 is 2.59 bits per heavy atom. The maximum atomic E-state index is 12.7. The lowest BCUT2D eigenvalue weighted by Crippen LogP contribution is -2.31. The van der Waals surface area contributed by atoms with Crippen LogP contribution in [0.5, 0.6) is 0 Å². The summed E-state index contributed by atoms with van der Waals surface area (Å²) in [6, 6.07) is 4.98. The normalized spacial score (nSPS) is 11.3. The van der Waals surface area contributed by atoms with Crippen LogP contribution in [0.25, 0.3) is 11.2 Å². The van der Waals surface area contributed by atoms with Gasteiger partial charge in [0, 0.05) is 37.2 Å². The van der Waals surface area contributed by atoms with E-state index in [0.29, 0.717) is 46.9 Å². The van der Waals surface area contributed by atoms with E-state index in [0.717, 1.165) is 12.8 Å². The van der Waals surface area contributed by atoms with Crippen molar-refractivity contribution in [2.24, 2.45) is 11.7 Å². The average molecular weight is 469 g/mol. The van der Waals surface area contributed by atoms with Gasteiger partial charge in [-0.05, 0) is 37.0 Å². The summed E-state index contributed by atoms with van der Waals surface area (Å²) in [5, 5.41) is 2.82. The molecule has 0 aliphatic carbocycles. The second-order valence-electron chi connectivity index (χ2n) is 8.86. The fourth-order valence-electron chi connectivity index (χ4n) is 3.97. The Balaban J connectivity index is 1.92. The van der Waals surface area contributed by atoms with Crippen LogP contribution in [0.1, 0.15) is 61.8 Å². The SMILES string of the molecule is CCCCn1c(=O)[nH]c(=O)c2c1nc(CCC(=O)Nc1cccc(C(N)=O)c1C)n2CC(C)C. The Morgan fingerprint density at radius 1 is 1.21 bits per heavy atom. The monoisotopic (exact) mass is 468 g/mol. The largest absolute Gasteiger partial charge is 0.366 e. The molecule has 1 aromatic carbocycles. The van der Waals surface area contributed by atoms with E-state index < -0.39 is 17.2 Å². The highest BCUT2D eigenvalue weighted by molar-refractivity contribution is 5.98. The van der Waals surface area contributed by atoms with Crippen LogP contribution in [0.2, 0.25) is 0 Å². The number of nitrogens with two attached hydrogens (primary N) is 1. The number of benzene rings is 1. The first kappa shape index (κ1) is 24.9. The Hall–Kier alpha value is -3.69. The first-order valence-corrected chi connectivity index (χ1v) is 11.6. The van der Waals surface area contributed by atoms with Crippen molar-refractivity contribution in [1.82, 2.24) is 19.1 Å². The van der Waals surface area contributed by atoms with Gasteiger partial charge in [-0.15, -0.1) is 0 Å². The van der Waals surface area contributed by atoms with E-state index in [2.05, 4.69) is 15.3 Å². The number of nitrogens with one attached hydrogen (secondary N) is 2. The van der Waals surface area contributed by atoms with Crippen molar-refractivity contribution in [3.8, 4) is 0 Å². The standard InChI is InChI=1S/C24H32N6O4/c1-5-6-12-29-22-20(23(33)28-24(29)34)30(13-14(2)3)18(27-22)10-11-19(31)26-17-9-7-8-16(15(17)4)21(25)32/h7-9,14H,5-6,10-13H2,1-4H3,(H2,25,32)(H,26,31)(H,28,33,34). The van der Waals surface area contributed by atoms with Crippen LogP contribution >= 0.6 is 0 Å². The Kier molecular flexibility index (Phi) is 7.70. The van der Waals surface area contributed by atoms with Crippen LogP contribution in [-0.2, 0) is 24.3 Å². The van der Waals surface area contributed by atoms with Crippen molar-refractivity contribution in [2.75, 3.05) is 5.32 Å². The third-order valence-corrected chi connectivity index (χ3v) is 5.70. The molecule has 2 heterocycles. The summed E-state index contributed by atoms with van der Waals surface area (Å²) in [6.45, 7) is 8.78. The molecule has 4 N–H and O–H groups in total. The lowest BCUT2D eigenvalue weighted by atomic mass is 10.1. The van der Waals surface area contributed by atoms with E-state index in [1.54, 1.807) is 25.1 Å². The molecule has 0 aliphatic heterocycles. The van der Waals surface area contributed by atoms with Gasteiger partial charge in [-0.2, -0.15) is 0 Å². The zero-order chi connectivity index (χ0) is 25.0. The minimum atomic E-state index is -0.560. The molecule has 0 atom stereocenters. The zero-order valence-electron chi connectivity index (χ0n) is 20.1. The Morgan fingerprint density at radius 2 is 1.94 bits per heavy atom. The topological polar surface area (TPSA) is 145 Å². The van der Waals surface area contributed by atoms with Crippen molar-refractivity contribution >= 4 is 28.7 Å². The number of hydrogen-bond acceptors (Lipinski definition) is 5. The summed E-state index contributed by atoms with van der Waals surface area (Å²) >= 11 is 0. The predicted octanol–water partition coefficient (Wildman–Crippen LogP) is 2.32. The van der Waals surface area contributed by atoms with E-state index in [1.165, 1.54) is 4.57 Å². The number of aryl methyl sites for hydroxylation is 2. The first-order valence-electron chi connectivity index (χ1n) is 11.6. The third-order valence-electron chi connectivity index (χ3n) is 5.70. The number of imidazole rings is 1. The molecule has 2 amide bonds. The summed E-state index contributed by atoms with van der Waals surface area (Å²) < 4.78 is 3.31. The first-order chi connectivity index (χ1) is 16.1. The van der Waals surface area contributed by atoms with Crippen molar-refractivity contribution in [1.29, 1.82) is 0 Å². The fraction of sp³-hybridized carbons (Fsp3) is 0.458. The van der Waals surface area contributed by atoms with Crippen LogP contribution < -0.4 is 22.3 Å². The van der Waals surface area contributed by atoms with Crippen molar-refractivity contribution < 1.29 is 9.59 Å².